The molecule has 1 aliphatic heterocycles. The van der Waals surface area contributed by atoms with Crippen LogP contribution < -0.4 is 0 Å². The van der Waals surface area contributed by atoms with Crippen LogP contribution in [0.15, 0.2) is 40.9 Å². The first-order chi connectivity index (χ1) is 6.69. The Morgan fingerprint density at radius 2 is 2.29 bits per heavy atom. The number of nitrogens with zero attached hydrogens (tertiary/aromatic N) is 2. The first-order valence-corrected chi connectivity index (χ1v) is 4.42. The van der Waals surface area contributed by atoms with Gasteiger partial charge in [-0.15, -0.1) is 0 Å². The van der Waals surface area contributed by atoms with Crippen molar-refractivity contribution >= 4 is 12.7 Å². The molecule has 0 aromatic carbocycles. The van der Waals surface area contributed by atoms with Crippen LogP contribution in [0, 0.1) is 0 Å². The Morgan fingerprint density at radius 3 is 2.86 bits per heavy atom. The minimum absolute atomic E-state index is 0.258. The molecule has 14 heavy (non-hydrogen) atoms. The minimum atomic E-state index is -0.258. The van der Waals surface area contributed by atoms with E-state index in [2.05, 4.69) is 18.3 Å². The third kappa shape index (κ3) is 2.19. The molecule has 0 atom stereocenters. The molecule has 1 aliphatic rings. The molecule has 0 bridgehead atoms. The van der Waals surface area contributed by atoms with E-state index in [1.807, 2.05) is 19.1 Å². The van der Waals surface area contributed by atoms with Crippen molar-refractivity contribution in [2.24, 2.45) is 4.99 Å². The highest BCUT2D eigenvalue weighted by atomic mass is 16.2. The summed E-state index contributed by atoms with van der Waals surface area (Å²) in [4.78, 5) is 16.2. The smallest absolute Gasteiger partial charge is 0.315 e. The van der Waals surface area contributed by atoms with Crippen molar-refractivity contribution in [2.75, 3.05) is 13.1 Å². The molecule has 0 N–H and O–H groups in total. The van der Waals surface area contributed by atoms with Crippen molar-refractivity contribution in [3.05, 3.63) is 36.0 Å². The van der Waals surface area contributed by atoms with Gasteiger partial charge in [0.1, 0.15) is 0 Å². The average molecular weight is 190 g/mol. The van der Waals surface area contributed by atoms with E-state index >= 15 is 0 Å². The summed E-state index contributed by atoms with van der Waals surface area (Å²) in [6.07, 6.45) is 5.56. The third-order valence-corrected chi connectivity index (χ3v) is 2.18. The minimum Gasteiger partial charge on any atom is -0.315 e. The summed E-state index contributed by atoms with van der Waals surface area (Å²) in [5.41, 5.74) is 2.35. The Morgan fingerprint density at radius 1 is 1.57 bits per heavy atom. The molecule has 1 rings (SSSR count). The quantitative estimate of drug-likeness (QED) is 0.485. The second-order valence-electron chi connectivity index (χ2n) is 3.20. The van der Waals surface area contributed by atoms with Crippen molar-refractivity contribution < 1.29 is 4.79 Å². The lowest BCUT2D eigenvalue weighted by atomic mass is 10.2. The number of allylic oxidation sites excluding steroid dienone is 2. The van der Waals surface area contributed by atoms with Crippen LogP contribution in [-0.2, 0) is 0 Å². The molecule has 0 saturated carbocycles. The highest BCUT2D eigenvalue weighted by Gasteiger charge is 2.20. The maximum Gasteiger partial charge on any atom is 0.343 e. The fourth-order valence-corrected chi connectivity index (χ4v) is 1.40. The van der Waals surface area contributed by atoms with E-state index in [1.165, 1.54) is 5.57 Å². The Kier molecular flexibility index (Phi) is 3.40. The first kappa shape index (κ1) is 10.4. The van der Waals surface area contributed by atoms with Crippen molar-refractivity contribution in [3.63, 3.8) is 0 Å². The topological polar surface area (TPSA) is 32.7 Å². The van der Waals surface area contributed by atoms with Gasteiger partial charge in [0.25, 0.3) is 0 Å². The Labute approximate surface area is 84.1 Å². The number of urea groups is 1. The van der Waals surface area contributed by atoms with Crippen LogP contribution in [0.1, 0.15) is 6.92 Å². The molecule has 0 unspecified atom stereocenters. The lowest BCUT2D eigenvalue weighted by Crippen LogP contribution is -2.26. The van der Waals surface area contributed by atoms with E-state index in [9.17, 15) is 4.79 Å². The number of hydrogen-bond acceptors (Lipinski definition) is 1. The zero-order valence-electron chi connectivity index (χ0n) is 8.36. The van der Waals surface area contributed by atoms with Gasteiger partial charge >= 0.3 is 6.03 Å². The van der Waals surface area contributed by atoms with Crippen LogP contribution in [-0.4, -0.2) is 30.7 Å². The van der Waals surface area contributed by atoms with Crippen LogP contribution in [0.2, 0.25) is 0 Å². The zero-order valence-corrected chi connectivity index (χ0v) is 8.36. The normalized spacial score (nSPS) is 16.5. The van der Waals surface area contributed by atoms with Gasteiger partial charge in [-0.3, -0.25) is 0 Å². The van der Waals surface area contributed by atoms with E-state index in [1.54, 1.807) is 11.0 Å². The van der Waals surface area contributed by atoms with Crippen molar-refractivity contribution in [3.8, 4) is 0 Å². The summed E-state index contributed by atoms with van der Waals surface area (Å²) in [5.74, 6) is 0. The number of hydrogen-bond donors (Lipinski definition) is 0. The van der Waals surface area contributed by atoms with Gasteiger partial charge in [0.15, 0.2) is 0 Å². The van der Waals surface area contributed by atoms with E-state index in [0.29, 0.717) is 13.1 Å². The SMILES string of the molecule is C=C/C=C\C1=C(C)CN(C(=O)N=C)C1. The molecule has 2 amide bonds. The molecule has 3 nitrogen and oxygen atoms in total. The number of carbonyl (C=O) groups excluding carboxylic acids is 1. The van der Waals surface area contributed by atoms with Gasteiger partial charge in [-0.2, -0.15) is 0 Å². The maximum atomic E-state index is 11.2. The van der Waals surface area contributed by atoms with Crippen LogP contribution in [0.4, 0.5) is 4.79 Å². The van der Waals surface area contributed by atoms with Gasteiger partial charge in [-0.1, -0.05) is 24.8 Å². The predicted octanol–water partition coefficient (Wildman–Crippen LogP) is 2.18. The average Bonchev–Trinajstić information content (AvgIpc) is 2.56. The standard InChI is InChI=1S/C11H14N2O/c1-4-5-6-10-8-13(7-9(10)2)11(14)12-3/h4-6H,1,3,7-8H2,2H3/b6-5-. The summed E-state index contributed by atoms with van der Waals surface area (Å²) < 4.78 is 0. The monoisotopic (exact) mass is 190 g/mol. The molecule has 0 saturated heterocycles. The van der Waals surface area contributed by atoms with Gasteiger partial charge in [-0.05, 0) is 24.8 Å². The fraction of sp³-hybridized carbons (Fsp3) is 0.273. The lowest BCUT2D eigenvalue weighted by molar-refractivity contribution is 0.220. The van der Waals surface area contributed by atoms with Gasteiger partial charge in [-0.25, -0.2) is 9.79 Å². The maximum absolute atomic E-state index is 11.2. The van der Waals surface area contributed by atoms with E-state index in [-0.39, 0.29) is 6.03 Å². The Bertz CT molecular complexity index is 326. The number of rotatable bonds is 2. The first-order valence-electron chi connectivity index (χ1n) is 4.42. The number of aliphatic imine (C=N–C) groups is 1. The molecular formula is C11H14N2O. The number of carbonyl (C=O) groups is 1. The molecular weight excluding hydrogens is 176 g/mol. The zero-order chi connectivity index (χ0) is 10.6. The molecule has 0 aromatic heterocycles. The van der Waals surface area contributed by atoms with E-state index < -0.39 is 0 Å². The summed E-state index contributed by atoms with van der Waals surface area (Å²) >= 11 is 0. The van der Waals surface area contributed by atoms with Crippen molar-refractivity contribution in [2.45, 2.75) is 6.92 Å². The van der Waals surface area contributed by atoms with Crippen molar-refractivity contribution in [1.29, 1.82) is 0 Å². The van der Waals surface area contributed by atoms with Gasteiger partial charge in [0.2, 0.25) is 0 Å². The van der Waals surface area contributed by atoms with Gasteiger partial charge < -0.3 is 4.90 Å². The second-order valence-corrected chi connectivity index (χ2v) is 3.20. The second kappa shape index (κ2) is 4.56. The molecule has 0 aromatic rings. The molecule has 0 fully saturated rings. The van der Waals surface area contributed by atoms with Crippen LogP contribution in [0.5, 0.6) is 0 Å². The highest BCUT2D eigenvalue weighted by molar-refractivity contribution is 5.80. The van der Waals surface area contributed by atoms with Crippen LogP contribution in [0.3, 0.4) is 0 Å². The molecule has 0 spiro atoms. The summed E-state index contributed by atoms with van der Waals surface area (Å²) in [6.45, 7) is 10.1. The molecule has 0 radical (unpaired) electrons. The van der Waals surface area contributed by atoms with E-state index in [0.717, 1.165) is 5.57 Å². The fourth-order valence-electron chi connectivity index (χ4n) is 1.40. The number of amides is 2. The summed E-state index contributed by atoms with van der Waals surface area (Å²) in [7, 11) is 0. The van der Waals surface area contributed by atoms with Crippen molar-refractivity contribution in [1.82, 2.24) is 4.90 Å². The van der Waals surface area contributed by atoms with E-state index in [4.69, 9.17) is 0 Å². The molecule has 74 valence electrons. The highest BCUT2D eigenvalue weighted by Crippen LogP contribution is 2.18. The lowest BCUT2D eigenvalue weighted by Gasteiger charge is -2.11. The predicted molar refractivity (Wildman–Crippen MR) is 58.6 cm³/mol. The molecule has 1 heterocycles. The van der Waals surface area contributed by atoms with Crippen LogP contribution >= 0.6 is 0 Å². The van der Waals surface area contributed by atoms with Gasteiger partial charge in [0, 0.05) is 13.1 Å². The Balaban J connectivity index is 2.68. The largest absolute Gasteiger partial charge is 0.343 e. The summed E-state index contributed by atoms with van der Waals surface area (Å²) in [5, 5.41) is 0. The summed E-state index contributed by atoms with van der Waals surface area (Å²) in [6, 6.07) is -0.258. The molecule has 3 heteroatoms. The van der Waals surface area contributed by atoms with Gasteiger partial charge in [0.05, 0.1) is 0 Å². The third-order valence-electron chi connectivity index (χ3n) is 2.18. The van der Waals surface area contributed by atoms with Crippen LogP contribution in [0.25, 0.3) is 0 Å². The Hall–Kier alpha value is -1.64. The molecule has 0 aliphatic carbocycles.